The number of amides is 2. The molecule has 0 spiro atoms. The molecule has 1 fully saturated rings. The maximum atomic E-state index is 12.7. The Balaban J connectivity index is 2.47. The average Bonchev–Trinajstić information content (AvgIpc) is 2.65. The summed E-state index contributed by atoms with van der Waals surface area (Å²) in [7, 11) is 0. The zero-order valence-electron chi connectivity index (χ0n) is 16.1. The van der Waals surface area contributed by atoms with Gasteiger partial charge in [0.1, 0.15) is 5.57 Å². The van der Waals surface area contributed by atoms with Crippen LogP contribution in [0.1, 0.15) is 32.8 Å². The molecule has 1 aromatic carbocycles. The molecule has 0 aliphatic carbocycles. The normalized spacial score (nSPS) is 16.8. The second-order valence-corrected chi connectivity index (χ2v) is 7.35. The molecule has 1 N–H and O–H groups in total. The van der Waals surface area contributed by atoms with E-state index < -0.39 is 11.8 Å². The van der Waals surface area contributed by atoms with E-state index in [-0.39, 0.29) is 23.3 Å². The monoisotopic (exact) mass is 466 g/mol. The molecule has 1 aromatic rings. The number of ether oxygens (including phenoxy) is 2. The van der Waals surface area contributed by atoms with E-state index in [1.165, 1.54) is 11.0 Å². The number of thiocarbonyl (C=S) groups is 1. The van der Waals surface area contributed by atoms with Gasteiger partial charge in [-0.25, -0.2) is 0 Å². The minimum absolute atomic E-state index is 0.0193. The number of rotatable bonds is 8. The molecule has 1 saturated heterocycles. The molecule has 8 heteroatoms. The molecule has 0 bridgehead atoms. The molecule has 0 unspecified atom stereocenters. The summed E-state index contributed by atoms with van der Waals surface area (Å²) in [6.07, 6.45) is 3.93. The molecule has 6 nitrogen and oxygen atoms in total. The molecule has 2 rings (SSSR count). The highest BCUT2D eigenvalue weighted by atomic mass is 79.9. The number of carbonyl (C=O) groups is 2. The van der Waals surface area contributed by atoms with Crippen molar-refractivity contribution >= 4 is 51.2 Å². The van der Waals surface area contributed by atoms with E-state index >= 15 is 0 Å². The van der Waals surface area contributed by atoms with Gasteiger partial charge < -0.3 is 9.47 Å². The molecular formula is C20H23BrN2O4S. The zero-order chi connectivity index (χ0) is 20.8. The maximum Gasteiger partial charge on any atom is 0.265 e. The molecule has 0 aromatic heterocycles. The Morgan fingerprint density at radius 1 is 1.32 bits per heavy atom. The highest BCUT2D eigenvalue weighted by Crippen LogP contribution is 2.36. The third-order valence-electron chi connectivity index (χ3n) is 4.06. The lowest BCUT2D eigenvalue weighted by Gasteiger charge is -2.27. The van der Waals surface area contributed by atoms with Crippen LogP contribution in [0, 0.1) is 0 Å². The lowest BCUT2D eigenvalue weighted by Crippen LogP contribution is -2.53. The fraction of sp³-hybridized carbons (Fsp3) is 0.350. The van der Waals surface area contributed by atoms with Gasteiger partial charge in [-0.05, 0) is 56.3 Å². The van der Waals surface area contributed by atoms with Crippen LogP contribution in [0.5, 0.6) is 11.5 Å². The number of nitrogens with one attached hydrogen (secondary N) is 1. The van der Waals surface area contributed by atoms with Crippen LogP contribution >= 0.6 is 28.1 Å². The van der Waals surface area contributed by atoms with Gasteiger partial charge in [0.25, 0.3) is 11.8 Å². The fourth-order valence-electron chi connectivity index (χ4n) is 2.47. The lowest BCUT2D eigenvalue weighted by molar-refractivity contribution is -0.128. The topological polar surface area (TPSA) is 67.9 Å². The van der Waals surface area contributed by atoms with Crippen LogP contribution in [0.25, 0.3) is 6.08 Å². The van der Waals surface area contributed by atoms with E-state index in [9.17, 15) is 9.59 Å². The summed E-state index contributed by atoms with van der Waals surface area (Å²) < 4.78 is 12.3. The van der Waals surface area contributed by atoms with Gasteiger partial charge in [0.15, 0.2) is 16.6 Å². The van der Waals surface area contributed by atoms with E-state index in [0.717, 1.165) is 6.42 Å². The number of hydrogen-bond acceptors (Lipinski definition) is 5. The van der Waals surface area contributed by atoms with Crippen LogP contribution < -0.4 is 14.8 Å². The first-order chi connectivity index (χ1) is 13.3. The molecule has 2 amide bonds. The van der Waals surface area contributed by atoms with Gasteiger partial charge in [0, 0.05) is 11.0 Å². The summed E-state index contributed by atoms with van der Waals surface area (Å²) in [5, 5.41) is 2.60. The van der Waals surface area contributed by atoms with E-state index in [4.69, 9.17) is 21.7 Å². The van der Waals surface area contributed by atoms with Crippen molar-refractivity contribution in [1.82, 2.24) is 10.2 Å². The molecule has 0 radical (unpaired) electrons. The largest absolute Gasteiger partial charge is 0.490 e. The Bertz CT molecular complexity index is 838. The van der Waals surface area contributed by atoms with Crippen LogP contribution in [0.3, 0.4) is 0 Å². The van der Waals surface area contributed by atoms with E-state index in [1.807, 2.05) is 20.8 Å². The quantitative estimate of drug-likeness (QED) is 0.272. The Morgan fingerprint density at radius 3 is 2.64 bits per heavy atom. The summed E-state index contributed by atoms with van der Waals surface area (Å²) in [6, 6.07) is 3.52. The predicted molar refractivity (Wildman–Crippen MR) is 116 cm³/mol. The lowest BCUT2D eigenvalue weighted by atomic mass is 10.1. The standard InChI is InChI=1S/C20H23BrN2O4S/c1-5-8-23-19(25)14(18(24)22-20(23)28)9-13-10-16(26-7-3)17(11-15(13)21)27-12(4)6-2/h5,9-12H,1,6-8H2,2-4H3,(H,22,24,28)/b14-9+/t12-/m1/s1. The second-order valence-electron chi connectivity index (χ2n) is 6.11. The minimum atomic E-state index is -0.542. The first kappa shape index (κ1) is 22.1. The summed E-state index contributed by atoms with van der Waals surface area (Å²) in [5.41, 5.74) is 0.596. The Labute approximate surface area is 178 Å². The SMILES string of the molecule is C=CCN1C(=O)/C(=C/c2cc(OCC)c(O[C@H](C)CC)cc2Br)C(=O)NC1=S. The van der Waals surface area contributed by atoms with E-state index in [0.29, 0.717) is 28.1 Å². The third-order valence-corrected chi connectivity index (χ3v) is 5.07. The van der Waals surface area contributed by atoms with Gasteiger partial charge in [-0.1, -0.05) is 28.9 Å². The molecule has 0 saturated carbocycles. The van der Waals surface area contributed by atoms with Gasteiger partial charge in [-0.3, -0.25) is 19.8 Å². The van der Waals surface area contributed by atoms with Gasteiger partial charge in [-0.2, -0.15) is 0 Å². The summed E-state index contributed by atoms with van der Waals surface area (Å²) in [4.78, 5) is 26.3. The summed E-state index contributed by atoms with van der Waals surface area (Å²) in [6.45, 7) is 10.2. The second kappa shape index (κ2) is 9.84. The van der Waals surface area contributed by atoms with Crippen molar-refractivity contribution in [1.29, 1.82) is 0 Å². The average molecular weight is 467 g/mol. The first-order valence-corrected chi connectivity index (χ1v) is 10.1. The van der Waals surface area contributed by atoms with Gasteiger partial charge in [0.05, 0.1) is 12.7 Å². The molecule has 1 heterocycles. The Morgan fingerprint density at radius 2 is 2.04 bits per heavy atom. The van der Waals surface area contributed by atoms with E-state index in [1.54, 1.807) is 18.2 Å². The van der Waals surface area contributed by atoms with Gasteiger partial charge in [0.2, 0.25) is 0 Å². The van der Waals surface area contributed by atoms with E-state index in [2.05, 4.69) is 27.8 Å². The highest BCUT2D eigenvalue weighted by Gasteiger charge is 2.32. The molecule has 150 valence electrons. The molecule has 28 heavy (non-hydrogen) atoms. The van der Waals surface area contributed by atoms with Crippen LogP contribution in [0.4, 0.5) is 0 Å². The van der Waals surface area contributed by atoms with Crippen molar-refractivity contribution in [2.24, 2.45) is 0 Å². The number of halogens is 1. The van der Waals surface area contributed by atoms with Gasteiger partial charge in [-0.15, -0.1) is 6.58 Å². The van der Waals surface area contributed by atoms with Gasteiger partial charge >= 0.3 is 0 Å². The maximum absolute atomic E-state index is 12.7. The summed E-state index contributed by atoms with van der Waals surface area (Å²) >= 11 is 8.56. The molecule has 1 aliphatic rings. The summed E-state index contributed by atoms with van der Waals surface area (Å²) in [5.74, 6) is 0.123. The number of benzene rings is 1. The first-order valence-electron chi connectivity index (χ1n) is 8.95. The number of hydrogen-bond donors (Lipinski definition) is 1. The smallest absolute Gasteiger partial charge is 0.265 e. The Kier molecular flexibility index (Phi) is 7.77. The van der Waals surface area contributed by atoms with Crippen molar-refractivity contribution in [3.8, 4) is 11.5 Å². The van der Waals surface area contributed by atoms with Crippen molar-refractivity contribution < 1.29 is 19.1 Å². The van der Waals surface area contributed by atoms with Crippen LogP contribution in [-0.2, 0) is 9.59 Å². The number of nitrogens with zero attached hydrogens (tertiary/aromatic N) is 1. The predicted octanol–water partition coefficient (Wildman–Crippen LogP) is 3.84. The minimum Gasteiger partial charge on any atom is -0.490 e. The highest BCUT2D eigenvalue weighted by molar-refractivity contribution is 9.10. The van der Waals surface area contributed by atoms with Crippen molar-refractivity contribution in [2.45, 2.75) is 33.3 Å². The van der Waals surface area contributed by atoms with Crippen LogP contribution in [-0.4, -0.2) is 41.1 Å². The zero-order valence-corrected chi connectivity index (χ0v) is 18.5. The number of carbonyl (C=O) groups excluding carboxylic acids is 2. The van der Waals surface area contributed by atoms with Crippen LogP contribution in [0.15, 0.2) is 34.8 Å². The van der Waals surface area contributed by atoms with Crippen molar-refractivity contribution in [2.75, 3.05) is 13.2 Å². The van der Waals surface area contributed by atoms with Crippen LogP contribution in [0.2, 0.25) is 0 Å². The van der Waals surface area contributed by atoms with Crippen molar-refractivity contribution in [3.63, 3.8) is 0 Å². The molecular weight excluding hydrogens is 444 g/mol. The molecule has 1 aliphatic heterocycles. The fourth-order valence-corrected chi connectivity index (χ4v) is 3.15. The van der Waals surface area contributed by atoms with Crippen molar-refractivity contribution in [3.05, 3.63) is 40.4 Å². The third kappa shape index (κ3) is 4.99. The Hall–Kier alpha value is -2.19. The molecule has 1 atom stereocenters.